The summed E-state index contributed by atoms with van der Waals surface area (Å²) in [6, 6.07) is 7.51. The molecule has 108 valence electrons. The van der Waals surface area contributed by atoms with Gasteiger partial charge in [0.25, 0.3) is 0 Å². The summed E-state index contributed by atoms with van der Waals surface area (Å²) >= 11 is 5.89. The molecule has 2 atom stereocenters. The summed E-state index contributed by atoms with van der Waals surface area (Å²) < 4.78 is 1.79. The lowest BCUT2D eigenvalue weighted by Gasteiger charge is -2.17. The van der Waals surface area contributed by atoms with Crippen LogP contribution in [-0.4, -0.2) is 32.7 Å². The van der Waals surface area contributed by atoms with Crippen LogP contribution in [0.4, 0.5) is 0 Å². The Morgan fingerprint density at radius 1 is 1.30 bits per heavy atom. The Morgan fingerprint density at radius 3 is 2.55 bits per heavy atom. The molecule has 2 rings (SSSR count). The molecule has 0 bridgehead atoms. The van der Waals surface area contributed by atoms with E-state index in [1.807, 2.05) is 45.0 Å². The van der Waals surface area contributed by atoms with Gasteiger partial charge >= 0.3 is 0 Å². The van der Waals surface area contributed by atoms with Crippen molar-refractivity contribution >= 4 is 11.6 Å². The molecule has 1 aromatic carbocycles. The van der Waals surface area contributed by atoms with E-state index in [1.54, 1.807) is 4.68 Å². The van der Waals surface area contributed by atoms with Crippen molar-refractivity contribution in [1.82, 2.24) is 20.3 Å². The number of benzene rings is 1. The van der Waals surface area contributed by atoms with Gasteiger partial charge in [0, 0.05) is 11.1 Å². The molecule has 20 heavy (non-hydrogen) atoms. The third kappa shape index (κ3) is 3.17. The molecule has 1 heterocycles. The fourth-order valence-corrected chi connectivity index (χ4v) is 2.25. The topological polar surface area (TPSA) is 63.0 Å². The van der Waals surface area contributed by atoms with Crippen LogP contribution in [0.15, 0.2) is 24.3 Å². The minimum absolute atomic E-state index is 0.0186. The summed E-state index contributed by atoms with van der Waals surface area (Å²) in [6.07, 6.45) is 0. The molecule has 6 heteroatoms. The van der Waals surface area contributed by atoms with Crippen molar-refractivity contribution in [1.29, 1.82) is 0 Å². The van der Waals surface area contributed by atoms with Crippen LogP contribution in [-0.2, 0) is 0 Å². The fraction of sp³-hybridized carbons (Fsp3) is 0.429. The zero-order valence-electron chi connectivity index (χ0n) is 11.8. The summed E-state index contributed by atoms with van der Waals surface area (Å²) in [5, 5.41) is 21.5. The van der Waals surface area contributed by atoms with Gasteiger partial charge in [0.05, 0.1) is 24.0 Å². The molecular formula is C14H19ClN4O. The highest BCUT2D eigenvalue weighted by molar-refractivity contribution is 6.30. The second-order valence-corrected chi connectivity index (χ2v) is 5.36. The molecule has 0 fully saturated rings. The van der Waals surface area contributed by atoms with Crippen LogP contribution in [0.1, 0.15) is 31.3 Å². The van der Waals surface area contributed by atoms with Crippen molar-refractivity contribution in [2.45, 2.75) is 32.9 Å². The standard InChI is InChI=1S/C14H19ClN4O/c1-9(8-20)16-10(2)14-11(3)19(18-17-14)13-6-4-12(15)5-7-13/h4-7,9-10,16,20H,8H2,1-3H3/t9-,10?/m1/s1. The first kappa shape index (κ1) is 15.0. The van der Waals surface area contributed by atoms with E-state index in [0.717, 1.165) is 17.1 Å². The van der Waals surface area contributed by atoms with E-state index in [-0.39, 0.29) is 18.7 Å². The summed E-state index contributed by atoms with van der Waals surface area (Å²) in [4.78, 5) is 0. The van der Waals surface area contributed by atoms with Crippen LogP contribution in [0.3, 0.4) is 0 Å². The highest BCUT2D eigenvalue weighted by Gasteiger charge is 2.17. The van der Waals surface area contributed by atoms with Crippen molar-refractivity contribution in [3.63, 3.8) is 0 Å². The Bertz CT molecular complexity index is 567. The molecule has 1 aromatic heterocycles. The lowest BCUT2D eigenvalue weighted by Crippen LogP contribution is -2.32. The number of rotatable bonds is 5. The van der Waals surface area contributed by atoms with Gasteiger partial charge in [-0.2, -0.15) is 0 Å². The highest BCUT2D eigenvalue weighted by Crippen LogP contribution is 2.19. The molecule has 0 saturated carbocycles. The van der Waals surface area contributed by atoms with Crippen molar-refractivity contribution in [2.75, 3.05) is 6.61 Å². The van der Waals surface area contributed by atoms with Crippen LogP contribution in [0, 0.1) is 6.92 Å². The highest BCUT2D eigenvalue weighted by atomic mass is 35.5. The first-order valence-corrected chi connectivity index (χ1v) is 6.95. The molecule has 2 aromatic rings. The van der Waals surface area contributed by atoms with Gasteiger partial charge in [-0.25, -0.2) is 4.68 Å². The lowest BCUT2D eigenvalue weighted by atomic mass is 10.1. The van der Waals surface area contributed by atoms with Gasteiger partial charge in [-0.05, 0) is 45.0 Å². The number of nitrogens with zero attached hydrogens (tertiary/aromatic N) is 3. The number of halogens is 1. The van der Waals surface area contributed by atoms with E-state index in [4.69, 9.17) is 16.7 Å². The van der Waals surface area contributed by atoms with E-state index in [2.05, 4.69) is 15.6 Å². The number of aliphatic hydroxyl groups is 1. The Labute approximate surface area is 123 Å². The predicted octanol–water partition coefficient (Wildman–Crippen LogP) is 2.26. The normalized spacial score (nSPS) is 14.2. The zero-order valence-corrected chi connectivity index (χ0v) is 12.6. The van der Waals surface area contributed by atoms with Gasteiger partial charge < -0.3 is 10.4 Å². The number of hydrogen-bond acceptors (Lipinski definition) is 4. The Morgan fingerprint density at radius 2 is 1.95 bits per heavy atom. The van der Waals surface area contributed by atoms with Gasteiger partial charge in [-0.15, -0.1) is 5.10 Å². The Hall–Kier alpha value is -1.43. The SMILES string of the molecule is Cc1c(C(C)N[C@H](C)CO)nnn1-c1ccc(Cl)cc1. The maximum Gasteiger partial charge on any atom is 0.103 e. The maximum atomic E-state index is 9.09. The van der Waals surface area contributed by atoms with Crippen LogP contribution in [0.5, 0.6) is 0 Å². The molecule has 0 aliphatic carbocycles. The first-order chi connectivity index (χ1) is 9.52. The van der Waals surface area contributed by atoms with E-state index in [0.29, 0.717) is 5.02 Å². The van der Waals surface area contributed by atoms with Crippen LogP contribution >= 0.6 is 11.6 Å². The summed E-state index contributed by atoms with van der Waals surface area (Å²) in [5.74, 6) is 0. The van der Waals surface area contributed by atoms with E-state index >= 15 is 0 Å². The lowest BCUT2D eigenvalue weighted by molar-refractivity contribution is 0.242. The molecule has 0 aliphatic heterocycles. The number of aliphatic hydroxyl groups excluding tert-OH is 1. The molecule has 0 amide bonds. The Balaban J connectivity index is 2.24. The molecule has 2 N–H and O–H groups in total. The summed E-state index contributed by atoms with van der Waals surface area (Å²) in [5.41, 5.74) is 2.77. The van der Waals surface area contributed by atoms with Crippen molar-refractivity contribution < 1.29 is 5.11 Å². The quantitative estimate of drug-likeness (QED) is 0.888. The molecule has 0 saturated heterocycles. The molecule has 0 radical (unpaired) electrons. The van der Waals surface area contributed by atoms with Gasteiger partial charge in [0.2, 0.25) is 0 Å². The Kier molecular flexibility index (Phi) is 4.75. The minimum Gasteiger partial charge on any atom is -0.395 e. The zero-order chi connectivity index (χ0) is 14.7. The molecule has 5 nitrogen and oxygen atoms in total. The largest absolute Gasteiger partial charge is 0.395 e. The van der Waals surface area contributed by atoms with Crippen molar-refractivity contribution in [2.24, 2.45) is 0 Å². The van der Waals surface area contributed by atoms with E-state index < -0.39 is 0 Å². The average molecular weight is 295 g/mol. The number of aromatic nitrogens is 3. The van der Waals surface area contributed by atoms with Gasteiger partial charge in [0.15, 0.2) is 0 Å². The third-order valence-electron chi connectivity index (χ3n) is 3.22. The molecular weight excluding hydrogens is 276 g/mol. The summed E-state index contributed by atoms with van der Waals surface area (Å²) in [7, 11) is 0. The number of hydrogen-bond donors (Lipinski definition) is 2. The molecule has 0 spiro atoms. The first-order valence-electron chi connectivity index (χ1n) is 6.58. The van der Waals surface area contributed by atoms with Crippen LogP contribution < -0.4 is 5.32 Å². The van der Waals surface area contributed by atoms with Crippen LogP contribution in [0.25, 0.3) is 5.69 Å². The third-order valence-corrected chi connectivity index (χ3v) is 3.47. The van der Waals surface area contributed by atoms with Gasteiger partial charge in [-0.3, -0.25) is 0 Å². The summed E-state index contributed by atoms with van der Waals surface area (Å²) in [6.45, 7) is 6.01. The van der Waals surface area contributed by atoms with Gasteiger partial charge in [0.1, 0.15) is 5.69 Å². The predicted molar refractivity (Wildman–Crippen MR) is 79.2 cm³/mol. The van der Waals surface area contributed by atoms with Crippen molar-refractivity contribution in [3.05, 3.63) is 40.7 Å². The maximum absolute atomic E-state index is 9.09. The number of nitrogens with one attached hydrogen (secondary N) is 1. The monoisotopic (exact) mass is 294 g/mol. The molecule has 1 unspecified atom stereocenters. The smallest absolute Gasteiger partial charge is 0.103 e. The second kappa shape index (κ2) is 6.35. The molecule has 0 aliphatic rings. The minimum atomic E-state index is 0.0186. The van der Waals surface area contributed by atoms with Crippen molar-refractivity contribution in [3.8, 4) is 5.69 Å². The fourth-order valence-electron chi connectivity index (χ4n) is 2.13. The second-order valence-electron chi connectivity index (χ2n) is 4.92. The van der Waals surface area contributed by atoms with E-state index in [9.17, 15) is 0 Å². The average Bonchev–Trinajstić information content (AvgIpc) is 2.81. The van der Waals surface area contributed by atoms with Crippen LogP contribution in [0.2, 0.25) is 5.02 Å². The van der Waals surface area contributed by atoms with E-state index in [1.165, 1.54) is 0 Å². The van der Waals surface area contributed by atoms with Gasteiger partial charge in [-0.1, -0.05) is 16.8 Å².